The molecular formula is C38H35N6O12P. The zero-order valence-corrected chi connectivity index (χ0v) is 31.3. The minimum Gasteiger partial charge on any atom is -0.480 e. The molecule has 0 spiro atoms. The number of nitrogens with one attached hydrogen (secondary N) is 3. The number of anilines is 1. The third-order valence-corrected chi connectivity index (χ3v) is 9.10. The number of nitrogens with zero attached hydrogens (tertiary/aromatic N) is 3. The lowest BCUT2D eigenvalue weighted by Gasteiger charge is -2.15. The van der Waals surface area contributed by atoms with Gasteiger partial charge in [-0.2, -0.15) is 0 Å². The molecule has 1 amide bonds. The molecule has 3 aromatic carbocycles. The number of hydrogen-bond donors (Lipinski definition) is 4. The minimum absolute atomic E-state index is 0.0409. The van der Waals surface area contributed by atoms with E-state index in [1.165, 1.54) is 54.7 Å². The Kier molecular flexibility index (Phi) is 13.8. The number of carbonyl (C=O) groups is 4. The smallest absolute Gasteiger partial charge is 0.480 e. The number of carbonyl (C=O) groups excluding carboxylic acids is 3. The molecule has 0 saturated heterocycles. The second-order valence-electron chi connectivity index (χ2n) is 11.9. The van der Waals surface area contributed by atoms with Crippen molar-refractivity contribution in [1.29, 1.82) is 0 Å². The number of carboxylic acids is 1. The summed E-state index contributed by atoms with van der Waals surface area (Å²) in [6.45, 7) is 3.30. The molecule has 5 aromatic rings. The molecule has 5 rings (SSSR count). The maximum absolute atomic E-state index is 13.0. The van der Waals surface area contributed by atoms with E-state index in [9.17, 15) is 33.6 Å². The quantitative estimate of drug-likeness (QED) is 0.0406. The Hall–Kier alpha value is -6.93. The van der Waals surface area contributed by atoms with E-state index in [0.717, 1.165) is 0 Å². The lowest BCUT2D eigenvalue weighted by atomic mass is 10.1. The number of rotatable bonds is 18. The Morgan fingerprint density at radius 3 is 2.42 bits per heavy atom. The molecule has 0 radical (unpaired) electrons. The van der Waals surface area contributed by atoms with Crippen LogP contribution in [-0.2, 0) is 40.9 Å². The topological polar surface area (TPSA) is 247 Å². The summed E-state index contributed by atoms with van der Waals surface area (Å²) in [5, 5.41) is 15.3. The molecule has 2 unspecified atom stereocenters. The van der Waals surface area contributed by atoms with E-state index in [-0.39, 0.29) is 60.0 Å². The SMILES string of the molecule is C#COP(=O)(OCC)OCc1ccc(OC(=O)c2ccccc2OC(=O)CCC(NC(=O)c2ccc(NCc3cnc4nc(C)[nH]c(=O)c4n3)cc2)C(=O)O)cc1. The van der Waals surface area contributed by atoms with Crippen molar-refractivity contribution in [3.63, 3.8) is 0 Å². The number of phosphoric acid groups is 1. The van der Waals surface area contributed by atoms with Crippen molar-refractivity contribution in [2.45, 2.75) is 45.9 Å². The van der Waals surface area contributed by atoms with E-state index in [1.54, 1.807) is 44.2 Å². The number of benzene rings is 3. The van der Waals surface area contributed by atoms with Crippen LogP contribution < -0.4 is 25.7 Å². The second-order valence-corrected chi connectivity index (χ2v) is 13.5. The summed E-state index contributed by atoms with van der Waals surface area (Å²) >= 11 is 0. The van der Waals surface area contributed by atoms with Gasteiger partial charge in [-0.15, -0.1) is 0 Å². The molecule has 0 aliphatic heterocycles. The largest absolute Gasteiger partial charge is 0.538 e. The van der Waals surface area contributed by atoms with Gasteiger partial charge in [-0.3, -0.25) is 23.4 Å². The third kappa shape index (κ3) is 11.5. The predicted molar refractivity (Wildman–Crippen MR) is 202 cm³/mol. The van der Waals surface area contributed by atoms with Gasteiger partial charge >= 0.3 is 25.7 Å². The molecule has 57 heavy (non-hydrogen) atoms. The van der Waals surface area contributed by atoms with Crippen LogP contribution >= 0.6 is 7.82 Å². The summed E-state index contributed by atoms with van der Waals surface area (Å²) in [5.74, 6) is -3.36. The Labute approximate surface area is 324 Å². The van der Waals surface area contributed by atoms with Gasteiger partial charge in [-0.05, 0) is 74.4 Å². The molecule has 2 aromatic heterocycles. The number of esters is 2. The highest BCUT2D eigenvalue weighted by Gasteiger charge is 2.27. The highest BCUT2D eigenvalue weighted by atomic mass is 31.2. The van der Waals surface area contributed by atoms with Crippen molar-refractivity contribution in [3.05, 3.63) is 118 Å². The number of carboxylic acid groups (broad SMARTS) is 1. The van der Waals surface area contributed by atoms with Crippen molar-refractivity contribution in [2.24, 2.45) is 0 Å². The van der Waals surface area contributed by atoms with Crippen molar-refractivity contribution in [2.75, 3.05) is 11.9 Å². The number of aromatic amines is 1. The molecule has 19 heteroatoms. The summed E-state index contributed by atoms with van der Waals surface area (Å²) in [4.78, 5) is 78.1. The van der Waals surface area contributed by atoms with Gasteiger partial charge in [0.15, 0.2) is 11.2 Å². The Morgan fingerprint density at radius 1 is 0.982 bits per heavy atom. The van der Waals surface area contributed by atoms with Gasteiger partial charge in [0.1, 0.15) is 35.0 Å². The van der Waals surface area contributed by atoms with Gasteiger partial charge < -0.3 is 34.7 Å². The number of ether oxygens (including phenoxy) is 2. The molecule has 0 aliphatic carbocycles. The van der Waals surface area contributed by atoms with Crippen LogP contribution in [0.3, 0.4) is 0 Å². The van der Waals surface area contributed by atoms with E-state index in [4.69, 9.17) is 24.9 Å². The van der Waals surface area contributed by atoms with Gasteiger partial charge in [-0.25, -0.2) is 29.1 Å². The van der Waals surface area contributed by atoms with Crippen molar-refractivity contribution in [3.8, 4) is 24.0 Å². The predicted octanol–water partition coefficient (Wildman–Crippen LogP) is 4.69. The number of aromatic nitrogens is 4. The number of H-pyrrole nitrogens is 1. The van der Waals surface area contributed by atoms with Crippen LogP contribution in [0.5, 0.6) is 11.5 Å². The molecule has 0 bridgehead atoms. The maximum atomic E-state index is 13.0. The molecule has 294 valence electrons. The first-order chi connectivity index (χ1) is 27.4. The molecule has 18 nitrogen and oxygen atoms in total. The van der Waals surface area contributed by atoms with Gasteiger partial charge in [0.2, 0.25) is 0 Å². The molecule has 2 heterocycles. The van der Waals surface area contributed by atoms with E-state index < -0.39 is 49.7 Å². The lowest BCUT2D eigenvalue weighted by Crippen LogP contribution is -2.41. The van der Waals surface area contributed by atoms with E-state index in [1.807, 2.05) is 0 Å². The van der Waals surface area contributed by atoms with Gasteiger partial charge in [0, 0.05) is 17.7 Å². The zero-order valence-electron chi connectivity index (χ0n) is 30.4. The van der Waals surface area contributed by atoms with Crippen LogP contribution in [0.1, 0.15) is 57.6 Å². The van der Waals surface area contributed by atoms with Crippen molar-refractivity contribution >= 4 is 48.5 Å². The average molecular weight is 799 g/mol. The highest BCUT2D eigenvalue weighted by molar-refractivity contribution is 7.48. The van der Waals surface area contributed by atoms with Crippen molar-refractivity contribution < 1.29 is 51.9 Å². The lowest BCUT2D eigenvalue weighted by molar-refractivity contribution is -0.140. The zero-order chi connectivity index (χ0) is 41.0. The number of amides is 1. The number of aryl methyl sites for hydroxylation is 1. The van der Waals surface area contributed by atoms with E-state index in [2.05, 4.69) is 35.1 Å². The number of aliphatic carboxylic acids is 1. The first kappa shape index (κ1) is 41.2. The number of phosphoric ester groups is 1. The monoisotopic (exact) mass is 798 g/mol. The molecule has 0 aliphatic rings. The normalized spacial score (nSPS) is 12.4. The van der Waals surface area contributed by atoms with Gasteiger partial charge in [0.25, 0.3) is 11.5 Å². The standard InChI is InChI=1S/C38H35N6O12P/c1-4-52-57(51,53-5-2)54-22-24-10-16-28(17-11-24)55-38(50)29-8-6-7-9-31(29)56-32(45)19-18-30(37(48)49)44-35(46)25-12-14-26(15-13-25)39-20-27-21-40-34-33(43-27)36(47)42-23(3)41-34/h1,6-17,21,30,39H,5,18-20,22H2,2-3H3,(H,44,46)(H,48,49)(H,40,41,42,47). The number of terminal acetylenes is 1. The Bertz CT molecular complexity index is 2420. The van der Waals surface area contributed by atoms with E-state index >= 15 is 0 Å². The Morgan fingerprint density at radius 2 is 1.72 bits per heavy atom. The number of para-hydroxylation sites is 1. The van der Waals surface area contributed by atoms with Gasteiger partial charge in [0.05, 0.1) is 31.6 Å². The van der Waals surface area contributed by atoms with Crippen LogP contribution in [0.2, 0.25) is 0 Å². The maximum Gasteiger partial charge on any atom is 0.538 e. The summed E-state index contributed by atoms with van der Waals surface area (Å²) in [5.41, 5.74) is 1.62. The molecular weight excluding hydrogens is 763 g/mol. The Balaban J connectivity index is 1.11. The van der Waals surface area contributed by atoms with Crippen molar-refractivity contribution in [1.82, 2.24) is 25.3 Å². The second kappa shape index (κ2) is 19.1. The van der Waals surface area contributed by atoms with Crippen LogP contribution in [0, 0.1) is 19.5 Å². The number of fused-ring (bicyclic) bond motifs is 1. The fraction of sp³-hybridized carbons (Fsp3) is 0.211. The fourth-order valence-corrected chi connectivity index (χ4v) is 5.95. The first-order valence-electron chi connectivity index (χ1n) is 17.1. The highest BCUT2D eigenvalue weighted by Crippen LogP contribution is 2.49. The van der Waals surface area contributed by atoms with E-state index in [0.29, 0.717) is 22.8 Å². The van der Waals surface area contributed by atoms with Crippen LogP contribution in [0.25, 0.3) is 11.2 Å². The first-order valence-corrected chi connectivity index (χ1v) is 18.6. The molecule has 0 fully saturated rings. The molecule has 4 N–H and O–H groups in total. The average Bonchev–Trinajstić information content (AvgIpc) is 3.19. The van der Waals surface area contributed by atoms with Gasteiger partial charge in [-0.1, -0.05) is 30.7 Å². The van der Waals surface area contributed by atoms with Crippen LogP contribution in [0.15, 0.2) is 83.8 Å². The summed E-state index contributed by atoms with van der Waals surface area (Å²) in [6, 6.07) is 16.5. The third-order valence-electron chi connectivity index (χ3n) is 7.75. The van der Waals surface area contributed by atoms with Crippen LogP contribution in [0.4, 0.5) is 5.69 Å². The summed E-state index contributed by atoms with van der Waals surface area (Å²) < 4.78 is 38.0. The molecule has 2 atom stereocenters. The fourth-order valence-electron chi connectivity index (χ4n) is 5.02. The summed E-state index contributed by atoms with van der Waals surface area (Å²) in [7, 11) is -3.95. The van der Waals surface area contributed by atoms with Crippen LogP contribution in [-0.4, -0.2) is 61.5 Å². The number of hydrogen-bond acceptors (Lipinski definition) is 15. The minimum atomic E-state index is -3.95. The molecule has 0 saturated carbocycles. The summed E-state index contributed by atoms with van der Waals surface area (Å²) in [6.07, 6.45) is 7.58.